The SMILES string of the molecule is Cc1ncsc1CN(C)S(=O)(=O)c1cc(N)ccc1F. The smallest absolute Gasteiger partial charge is 0.246 e. The highest BCUT2D eigenvalue weighted by Crippen LogP contribution is 2.23. The zero-order chi connectivity index (χ0) is 14.9. The molecule has 0 saturated carbocycles. The van der Waals surface area contributed by atoms with Crippen LogP contribution in [0.2, 0.25) is 0 Å². The van der Waals surface area contributed by atoms with Gasteiger partial charge in [0.25, 0.3) is 0 Å². The molecule has 0 atom stereocenters. The van der Waals surface area contributed by atoms with Crippen LogP contribution < -0.4 is 5.73 Å². The first kappa shape index (κ1) is 14.9. The van der Waals surface area contributed by atoms with Crippen molar-refractivity contribution in [2.75, 3.05) is 12.8 Å². The van der Waals surface area contributed by atoms with Gasteiger partial charge in [-0.2, -0.15) is 4.31 Å². The Morgan fingerprint density at radius 3 is 2.75 bits per heavy atom. The Balaban J connectivity index is 2.35. The van der Waals surface area contributed by atoms with Gasteiger partial charge in [-0.15, -0.1) is 11.3 Å². The molecule has 0 radical (unpaired) electrons. The summed E-state index contributed by atoms with van der Waals surface area (Å²) < 4.78 is 39.5. The van der Waals surface area contributed by atoms with E-state index in [1.807, 2.05) is 0 Å². The number of nitrogens with two attached hydrogens (primary N) is 1. The second kappa shape index (κ2) is 5.47. The maximum absolute atomic E-state index is 13.7. The van der Waals surface area contributed by atoms with Gasteiger partial charge in [-0.25, -0.2) is 17.8 Å². The van der Waals surface area contributed by atoms with E-state index in [1.165, 1.54) is 24.5 Å². The lowest BCUT2D eigenvalue weighted by Gasteiger charge is -2.17. The number of anilines is 1. The zero-order valence-electron chi connectivity index (χ0n) is 11.0. The summed E-state index contributed by atoms with van der Waals surface area (Å²) in [4.78, 5) is 4.46. The Kier molecular flexibility index (Phi) is 4.07. The first-order chi connectivity index (χ1) is 9.32. The van der Waals surface area contributed by atoms with Gasteiger partial charge in [0.15, 0.2) is 0 Å². The van der Waals surface area contributed by atoms with Crippen LogP contribution in [0.25, 0.3) is 0 Å². The van der Waals surface area contributed by atoms with Crippen molar-refractivity contribution >= 4 is 27.0 Å². The van der Waals surface area contributed by atoms with Gasteiger partial charge < -0.3 is 5.73 Å². The number of aryl methyl sites for hydroxylation is 1. The summed E-state index contributed by atoms with van der Waals surface area (Å²) in [6, 6.07) is 3.50. The summed E-state index contributed by atoms with van der Waals surface area (Å²) in [7, 11) is -2.53. The van der Waals surface area contributed by atoms with Crippen LogP contribution in [0, 0.1) is 12.7 Å². The van der Waals surface area contributed by atoms with E-state index >= 15 is 0 Å². The van der Waals surface area contributed by atoms with E-state index in [4.69, 9.17) is 5.73 Å². The molecule has 0 fully saturated rings. The Morgan fingerprint density at radius 1 is 1.45 bits per heavy atom. The molecule has 1 heterocycles. The fourth-order valence-electron chi connectivity index (χ4n) is 1.65. The minimum absolute atomic E-state index is 0.146. The molecule has 0 bridgehead atoms. The number of halogens is 1. The highest BCUT2D eigenvalue weighted by molar-refractivity contribution is 7.89. The Morgan fingerprint density at radius 2 is 2.15 bits per heavy atom. The first-order valence-electron chi connectivity index (χ1n) is 5.72. The average molecular weight is 315 g/mol. The van der Waals surface area contributed by atoms with Gasteiger partial charge in [-0.1, -0.05) is 0 Å². The second-order valence-electron chi connectivity index (χ2n) is 4.31. The average Bonchev–Trinajstić information content (AvgIpc) is 2.78. The number of nitrogens with zero attached hydrogens (tertiary/aromatic N) is 2. The molecular formula is C12H14FN3O2S2. The summed E-state index contributed by atoms with van der Waals surface area (Å²) in [5.74, 6) is -0.813. The number of sulfonamides is 1. The highest BCUT2D eigenvalue weighted by atomic mass is 32.2. The summed E-state index contributed by atoms with van der Waals surface area (Å²) >= 11 is 1.36. The topological polar surface area (TPSA) is 76.3 Å². The van der Waals surface area contributed by atoms with Crippen molar-refractivity contribution in [2.24, 2.45) is 0 Å². The molecule has 0 aliphatic heterocycles. The number of aromatic nitrogens is 1. The first-order valence-corrected chi connectivity index (χ1v) is 8.04. The Bertz CT molecular complexity index is 728. The van der Waals surface area contributed by atoms with Gasteiger partial charge in [0.1, 0.15) is 10.7 Å². The quantitative estimate of drug-likeness (QED) is 0.876. The number of benzene rings is 1. The second-order valence-corrected chi connectivity index (χ2v) is 7.26. The molecule has 108 valence electrons. The van der Waals surface area contributed by atoms with Crippen molar-refractivity contribution in [3.05, 3.63) is 40.1 Å². The lowest BCUT2D eigenvalue weighted by molar-refractivity contribution is 0.461. The largest absolute Gasteiger partial charge is 0.399 e. The maximum atomic E-state index is 13.7. The maximum Gasteiger partial charge on any atom is 0.246 e. The van der Waals surface area contributed by atoms with E-state index in [1.54, 1.807) is 12.4 Å². The molecule has 1 aromatic heterocycles. The van der Waals surface area contributed by atoms with Gasteiger partial charge in [0.05, 0.1) is 11.2 Å². The summed E-state index contributed by atoms with van der Waals surface area (Å²) in [5.41, 5.74) is 8.14. The molecule has 0 aliphatic carbocycles. The molecule has 0 unspecified atom stereocenters. The third-order valence-electron chi connectivity index (χ3n) is 2.85. The van der Waals surface area contributed by atoms with Crippen LogP contribution in [0.1, 0.15) is 10.6 Å². The van der Waals surface area contributed by atoms with Crippen LogP contribution in [-0.4, -0.2) is 24.8 Å². The predicted octanol–water partition coefficient (Wildman–Crippen LogP) is 1.99. The molecule has 2 N–H and O–H groups in total. The third kappa shape index (κ3) is 2.82. The molecule has 5 nitrogen and oxygen atoms in total. The van der Waals surface area contributed by atoms with Gasteiger partial charge in [0.2, 0.25) is 10.0 Å². The van der Waals surface area contributed by atoms with Crippen molar-refractivity contribution in [3.63, 3.8) is 0 Å². The molecule has 0 aliphatic rings. The third-order valence-corrected chi connectivity index (χ3v) is 5.59. The van der Waals surface area contributed by atoms with E-state index < -0.39 is 20.7 Å². The molecule has 8 heteroatoms. The molecular weight excluding hydrogens is 301 g/mol. The molecule has 0 amide bonds. The Labute approximate surface area is 120 Å². The molecule has 0 saturated heterocycles. The summed E-state index contributed by atoms with van der Waals surface area (Å²) in [6.07, 6.45) is 0. The van der Waals surface area contributed by atoms with Crippen LogP contribution in [0.15, 0.2) is 28.6 Å². The minimum Gasteiger partial charge on any atom is -0.399 e. The van der Waals surface area contributed by atoms with Crippen LogP contribution in [0.4, 0.5) is 10.1 Å². The van der Waals surface area contributed by atoms with Crippen molar-refractivity contribution in [1.82, 2.24) is 9.29 Å². The molecule has 2 aromatic rings. The number of hydrogen-bond donors (Lipinski definition) is 1. The lowest BCUT2D eigenvalue weighted by atomic mass is 10.3. The molecule has 2 rings (SSSR count). The van der Waals surface area contributed by atoms with Gasteiger partial charge in [0, 0.05) is 24.2 Å². The van der Waals surface area contributed by atoms with E-state index in [-0.39, 0.29) is 12.2 Å². The van der Waals surface area contributed by atoms with Crippen LogP contribution >= 0.6 is 11.3 Å². The van der Waals surface area contributed by atoms with Crippen molar-refractivity contribution in [2.45, 2.75) is 18.4 Å². The number of thiazole rings is 1. The number of hydrogen-bond acceptors (Lipinski definition) is 5. The molecule has 1 aromatic carbocycles. The number of rotatable bonds is 4. The monoisotopic (exact) mass is 315 g/mol. The van der Waals surface area contributed by atoms with Crippen LogP contribution in [0.5, 0.6) is 0 Å². The minimum atomic E-state index is -3.93. The van der Waals surface area contributed by atoms with Crippen molar-refractivity contribution in [1.29, 1.82) is 0 Å². The van der Waals surface area contributed by atoms with Crippen LogP contribution in [-0.2, 0) is 16.6 Å². The Hall–Kier alpha value is -1.51. The fraction of sp³-hybridized carbons (Fsp3) is 0.250. The van der Waals surface area contributed by atoms with E-state index in [2.05, 4.69) is 4.98 Å². The van der Waals surface area contributed by atoms with Gasteiger partial charge in [-0.05, 0) is 25.1 Å². The lowest BCUT2D eigenvalue weighted by Crippen LogP contribution is -2.27. The predicted molar refractivity (Wildman–Crippen MR) is 76.3 cm³/mol. The molecule has 0 spiro atoms. The van der Waals surface area contributed by atoms with Gasteiger partial charge in [-0.3, -0.25) is 0 Å². The fourth-order valence-corrected chi connectivity index (χ4v) is 3.80. The van der Waals surface area contributed by atoms with Gasteiger partial charge >= 0.3 is 0 Å². The molecule has 20 heavy (non-hydrogen) atoms. The highest BCUT2D eigenvalue weighted by Gasteiger charge is 2.25. The summed E-state index contributed by atoms with van der Waals surface area (Å²) in [5, 5.41) is 0. The van der Waals surface area contributed by atoms with Crippen molar-refractivity contribution in [3.8, 4) is 0 Å². The van der Waals surface area contributed by atoms with Crippen LogP contribution in [0.3, 0.4) is 0 Å². The summed E-state index contributed by atoms with van der Waals surface area (Å²) in [6.45, 7) is 1.94. The van der Waals surface area contributed by atoms with E-state index in [0.717, 1.165) is 27.0 Å². The number of nitrogen functional groups attached to an aromatic ring is 1. The zero-order valence-corrected chi connectivity index (χ0v) is 12.6. The van der Waals surface area contributed by atoms with E-state index in [9.17, 15) is 12.8 Å². The van der Waals surface area contributed by atoms with Crippen molar-refractivity contribution < 1.29 is 12.8 Å². The van der Waals surface area contributed by atoms with E-state index in [0.29, 0.717) is 0 Å². The normalized spacial score (nSPS) is 12.0. The standard InChI is InChI=1S/C12H14FN3O2S2/c1-8-11(19-7-15-8)6-16(2)20(17,18)12-5-9(14)3-4-10(12)13/h3-5,7H,6,14H2,1-2H3.